The summed E-state index contributed by atoms with van der Waals surface area (Å²) in [6.45, 7) is 5.83. The van der Waals surface area contributed by atoms with E-state index in [0.29, 0.717) is 6.42 Å². The zero-order chi connectivity index (χ0) is 13.2. The van der Waals surface area contributed by atoms with Gasteiger partial charge < -0.3 is 9.90 Å². The number of aliphatic hydroxyl groups excluding tert-OH is 1. The Morgan fingerprint density at radius 2 is 1.27 bits per heavy atom. The first-order chi connectivity index (χ1) is 5.87. The number of halogens is 6. The molecule has 0 aliphatic carbocycles. The van der Waals surface area contributed by atoms with Crippen molar-refractivity contribution in [2.75, 3.05) is 0 Å². The molecule has 0 rings (SSSR count). The molecule has 2 N–H and O–H groups in total. The van der Waals surface area contributed by atoms with Crippen LogP contribution in [-0.4, -0.2) is 35.3 Å². The van der Waals surface area contributed by atoms with Gasteiger partial charge in [-0.25, -0.2) is 0 Å². The van der Waals surface area contributed by atoms with Gasteiger partial charge in [-0.2, -0.15) is 0 Å². The zero-order valence-corrected chi connectivity index (χ0v) is 10.9. The van der Waals surface area contributed by atoms with E-state index in [4.69, 9.17) is 9.90 Å². The van der Waals surface area contributed by atoms with E-state index in [2.05, 4.69) is 0 Å². The van der Waals surface area contributed by atoms with Crippen molar-refractivity contribution in [1.82, 2.24) is 0 Å². The molecule has 96 valence electrons. The topological polar surface area (TPSA) is 41.6 Å². The van der Waals surface area contributed by atoms with E-state index in [1.807, 2.05) is 20.8 Å². The Labute approximate surface area is 85.2 Å². The number of rotatable bonds is 1. The summed E-state index contributed by atoms with van der Waals surface area (Å²) in [6, 6.07) is 0. The Morgan fingerprint density at radius 3 is 1.27 bits per heavy atom. The molecule has 0 aromatic carbocycles. The molecule has 9 heteroatoms. The van der Waals surface area contributed by atoms with Crippen LogP contribution in [0.5, 0.6) is 0 Å². The molecule has 0 saturated heterocycles. The van der Waals surface area contributed by atoms with E-state index in [1.54, 1.807) is 0 Å². The van der Waals surface area contributed by atoms with Crippen LogP contribution >= 0.6 is 0 Å². The van der Waals surface area contributed by atoms with Crippen LogP contribution in [0.25, 0.3) is 0 Å². The number of aliphatic carboxylic acids is 1. The predicted molar refractivity (Wildman–Crippen MR) is 46.0 cm³/mol. The molecule has 0 aromatic rings. The first kappa shape index (κ1) is 17.3. The van der Waals surface area contributed by atoms with Gasteiger partial charge >= 0.3 is 42.3 Å². The van der Waals surface area contributed by atoms with Crippen molar-refractivity contribution < 1.29 is 26.8 Å². The fourth-order valence-corrected chi connectivity index (χ4v) is 0.474. The molecule has 0 aromatic heterocycles. The average molecular weight is 353 g/mol. The van der Waals surface area contributed by atoms with Crippen molar-refractivity contribution in [1.29, 1.82) is 0 Å². The van der Waals surface area contributed by atoms with E-state index in [-0.39, 0.29) is 5.41 Å². The second-order valence-electron chi connectivity index (χ2n) is 4.11. The minimum absolute atomic E-state index is 0.0150. The summed E-state index contributed by atoms with van der Waals surface area (Å²) in [4.78, 5) is 8.36. The maximum atomic E-state index is 9.93. The van der Waals surface area contributed by atoms with Gasteiger partial charge in [-0.3, -0.25) is 0 Å². The number of hydrogen-bond donors (Lipinski definition) is 1. The van der Waals surface area contributed by atoms with E-state index in [1.165, 1.54) is 0 Å². The van der Waals surface area contributed by atoms with Gasteiger partial charge in [0.1, 0.15) is 6.42 Å². The molecule has 0 aliphatic rings. The Kier molecular flexibility index (Phi) is 4.28. The molecule has 0 saturated carbocycles. The van der Waals surface area contributed by atoms with Gasteiger partial charge in [0.15, 0.2) is 0 Å². The van der Waals surface area contributed by atoms with Crippen LogP contribution in [0.2, 0.25) is 0 Å². The second kappa shape index (κ2) is 3.71. The van der Waals surface area contributed by atoms with Gasteiger partial charge in [0.25, 0.3) is 0 Å². The quantitative estimate of drug-likeness (QED) is 0.437. The van der Waals surface area contributed by atoms with Crippen molar-refractivity contribution in [3.8, 4) is 0 Å². The maximum absolute atomic E-state index is 11.2. The fourth-order valence-electron chi connectivity index (χ4n) is 0.474. The Balaban J connectivity index is 0. The van der Waals surface area contributed by atoms with Gasteiger partial charge in [0, 0.05) is 0 Å². The average Bonchev–Trinajstić information content (AvgIpc) is 1.41. The Morgan fingerprint density at radius 1 is 1.07 bits per heavy atom. The van der Waals surface area contributed by atoms with E-state index in [9.17, 15) is 16.9 Å². The van der Waals surface area contributed by atoms with Gasteiger partial charge in [0.05, 0.1) is 0 Å². The normalized spacial score (nSPS) is 16.9. The monoisotopic (exact) mass is 352 g/mol. The molecule has 0 heterocycles. The molecule has 0 radical (unpaired) electrons. The first-order valence-electron chi connectivity index (χ1n) is 3.67. The van der Waals surface area contributed by atoms with Crippen molar-refractivity contribution in [2.45, 2.75) is 27.2 Å². The zero-order valence-electron chi connectivity index (χ0n) is 8.32. The van der Waals surface area contributed by atoms with Crippen LogP contribution in [0.4, 0.5) is 16.9 Å². The van der Waals surface area contributed by atoms with Crippen LogP contribution in [0, 0.1) is 5.41 Å². The van der Waals surface area contributed by atoms with Crippen molar-refractivity contribution >= 4 is 25.4 Å². The first-order valence-corrected chi connectivity index (χ1v) is 9.46. The molecule has 0 aliphatic heterocycles. The van der Waals surface area contributed by atoms with Gasteiger partial charge in [-0.05, 0) is 5.41 Å². The third-order valence-corrected chi connectivity index (χ3v) is 0.688. The van der Waals surface area contributed by atoms with Crippen LogP contribution in [-0.2, 0) is 0 Å². The van der Waals surface area contributed by atoms with Gasteiger partial charge in [0.2, 0.25) is 0 Å². The molecule has 0 atom stereocenters. The summed E-state index contributed by atoms with van der Waals surface area (Å²) >= 11 is -11.2. The SMILES string of the molecule is CC(C)(C)CC(O)=[OH+].[F][Sb-]([F])([F])([F])([F])[F]. The number of carboxylic acids is 1. The molecule has 15 heavy (non-hydrogen) atoms. The van der Waals surface area contributed by atoms with Crippen LogP contribution in [0.15, 0.2) is 0 Å². The molecular formula is C6H13F6O2Sb. The molecule has 0 bridgehead atoms. The summed E-state index contributed by atoms with van der Waals surface area (Å²) < 4.78 is 59.6. The summed E-state index contributed by atoms with van der Waals surface area (Å²) in [5.41, 5.74) is -0.0150. The van der Waals surface area contributed by atoms with E-state index < -0.39 is 25.4 Å². The van der Waals surface area contributed by atoms with Crippen molar-refractivity contribution in [3.63, 3.8) is 0 Å². The molecule has 0 unspecified atom stereocenters. The molecule has 0 spiro atoms. The van der Waals surface area contributed by atoms with Crippen molar-refractivity contribution in [3.05, 3.63) is 0 Å². The third kappa shape index (κ3) is 82.4. The fraction of sp³-hybridized carbons (Fsp3) is 0.833. The third-order valence-electron chi connectivity index (χ3n) is 0.688. The van der Waals surface area contributed by atoms with E-state index in [0.717, 1.165) is 0 Å². The number of hydrogen-bond acceptors (Lipinski definition) is 0. The molecular weight excluding hydrogens is 340 g/mol. The molecule has 0 amide bonds. The van der Waals surface area contributed by atoms with Crippen LogP contribution in [0.3, 0.4) is 0 Å². The standard InChI is InChI=1S/C6H12O2.6FH.Sb/c1-6(2,3)4-5(7)8;;;;;;;/h4H2,1-3H3,(H,7,8);6*1H;/q;;;;;;;+5/p-5. The summed E-state index contributed by atoms with van der Waals surface area (Å²) in [5.74, 6) is -0.475. The van der Waals surface area contributed by atoms with Crippen LogP contribution < -0.4 is 0 Å². The molecule has 2 nitrogen and oxygen atoms in total. The molecule has 0 fully saturated rings. The Bertz CT molecular complexity index is 223. The van der Waals surface area contributed by atoms with Gasteiger partial charge in [-0.1, -0.05) is 20.8 Å². The number of carboxylic acid groups (broad SMARTS) is 1. The van der Waals surface area contributed by atoms with Crippen LogP contribution in [0.1, 0.15) is 27.2 Å². The summed E-state index contributed by atoms with van der Waals surface area (Å²) in [5, 5.41) is 8.36. The predicted octanol–water partition coefficient (Wildman–Crippen LogP) is 3.62. The Hall–Kier alpha value is -0.132. The minimum atomic E-state index is -11.2. The van der Waals surface area contributed by atoms with Gasteiger partial charge in [-0.15, -0.1) is 0 Å². The van der Waals surface area contributed by atoms with E-state index >= 15 is 0 Å². The second-order valence-corrected chi connectivity index (χ2v) is 9.58. The van der Waals surface area contributed by atoms with Crippen molar-refractivity contribution in [2.24, 2.45) is 5.41 Å². The summed E-state index contributed by atoms with van der Waals surface area (Å²) in [6.07, 6.45) is 0.354. The summed E-state index contributed by atoms with van der Waals surface area (Å²) in [7, 11) is 0.